The number of carbonyl (C=O) groups is 2. The lowest BCUT2D eigenvalue weighted by Gasteiger charge is -2.24. The van der Waals surface area contributed by atoms with Crippen LogP contribution < -0.4 is 0 Å². The second-order valence-electron chi connectivity index (χ2n) is 6.79. The Hall–Kier alpha value is -2.47. The minimum atomic E-state index is -0.0437. The van der Waals surface area contributed by atoms with E-state index in [1.54, 1.807) is 17.9 Å². The number of benzene rings is 1. The molecule has 0 radical (unpaired) electrons. The molecule has 2 aromatic rings. The zero-order valence-corrected chi connectivity index (χ0v) is 15.2. The van der Waals surface area contributed by atoms with E-state index in [0.29, 0.717) is 11.3 Å². The van der Waals surface area contributed by atoms with Crippen LogP contribution in [0, 0.1) is 0 Å². The lowest BCUT2D eigenvalue weighted by molar-refractivity contribution is 0.0737. The van der Waals surface area contributed by atoms with Gasteiger partial charge in [0.1, 0.15) is 5.69 Å². The van der Waals surface area contributed by atoms with Crippen LogP contribution in [0.25, 0.3) is 11.1 Å². The van der Waals surface area contributed by atoms with E-state index >= 15 is 0 Å². The average Bonchev–Trinajstić information content (AvgIpc) is 3.19. The van der Waals surface area contributed by atoms with Crippen molar-refractivity contribution in [2.24, 2.45) is 7.05 Å². The van der Waals surface area contributed by atoms with Gasteiger partial charge in [-0.05, 0) is 37.7 Å². The molecule has 0 unspecified atom stereocenters. The molecule has 6 heteroatoms. The highest BCUT2D eigenvalue weighted by atomic mass is 16.2. The van der Waals surface area contributed by atoms with E-state index in [0.717, 1.165) is 30.6 Å². The van der Waals surface area contributed by atoms with Gasteiger partial charge in [-0.2, -0.15) is 5.10 Å². The highest BCUT2D eigenvalue weighted by molar-refractivity contribution is 6.00. The predicted octanol–water partition coefficient (Wildman–Crippen LogP) is 2.07. The maximum Gasteiger partial charge on any atom is 0.253 e. The third-order valence-electron chi connectivity index (χ3n) is 4.93. The highest BCUT2D eigenvalue weighted by Gasteiger charge is 2.27. The van der Waals surface area contributed by atoms with Crippen molar-refractivity contribution in [3.63, 3.8) is 0 Å². The number of aromatic nitrogens is 2. The molecular formula is C19H24N4O2. The van der Waals surface area contributed by atoms with Crippen molar-refractivity contribution in [1.29, 1.82) is 0 Å². The van der Waals surface area contributed by atoms with Gasteiger partial charge in [-0.3, -0.25) is 14.3 Å². The quantitative estimate of drug-likeness (QED) is 0.800. The molecular weight excluding hydrogens is 316 g/mol. The van der Waals surface area contributed by atoms with E-state index in [9.17, 15) is 9.59 Å². The summed E-state index contributed by atoms with van der Waals surface area (Å²) in [6, 6.07) is 7.68. The van der Waals surface area contributed by atoms with Crippen molar-refractivity contribution in [2.45, 2.75) is 19.4 Å². The Kier molecular flexibility index (Phi) is 4.72. The number of nitrogens with zero attached hydrogens (tertiary/aromatic N) is 4. The second kappa shape index (κ2) is 6.80. The summed E-state index contributed by atoms with van der Waals surface area (Å²) in [7, 11) is 5.69. The SMILES string of the molecule is CC(=O)c1c(-c2cccc(C(=O)N(C)[C@H]3CCN(C)C3)c2)cnn1C. The van der Waals surface area contributed by atoms with Crippen LogP contribution in [0.5, 0.6) is 0 Å². The van der Waals surface area contributed by atoms with Crippen molar-refractivity contribution in [2.75, 3.05) is 27.2 Å². The molecule has 1 atom stereocenters. The summed E-state index contributed by atoms with van der Waals surface area (Å²) in [6.07, 6.45) is 2.67. The predicted molar refractivity (Wildman–Crippen MR) is 96.6 cm³/mol. The Balaban J connectivity index is 1.89. The minimum absolute atomic E-state index is 0.00964. The van der Waals surface area contributed by atoms with Crippen molar-refractivity contribution in [3.05, 3.63) is 41.7 Å². The van der Waals surface area contributed by atoms with Gasteiger partial charge >= 0.3 is 0 Å². The standard InChI is InChI=1S/C19H24N4O2/c1-13(24)18-17(11-20-23(18)4)14-6-5-7-15(10-14)19(25)22(3)16-8-9-21(2)12-16/h5-7,10-11,16H,8-9,12H2,1-4H3/t16-/m0/s1. The Morgan fingerprint density at radius 2 is 2.04 bits per heavy atom. The summed E-state index contributed by atoms with van der Waals surface area (Å²) in [5, 5.41) is 4.19. The fraction of sp³-hybridized carbons (Fsp3) is 0.421. The zero-order chi connectivity index (χ0) is 18.1. The fourth-order valence-electron chi connectivity index (χ4n) is 3.48. The number of amides is 1. The van der Waals surface area contributed by atoms with Crippen LogP contribution in [0.4, 0.5) is 0 Å². The minimum Gasteiger partial charge on any atom is -0.337 e. The molecule has 1 aromatic heterocycles. The fourth-order valence-corrected chi connectivity index (χ4v) is 3.48. The molecule has 1 aromatic carbocycles. The Labute approximate surface area is 148 Å². The largest absolute Gasteiger partial charge is 0.337 e. The van der Waals surface area contributed by atoms with Gasteiger partial charge in [-0.1, -0.05) is 12.1 Å². The lowest BCUT2D eigenvalue weighted by atomic mass is 10.0. The number of ketones is 1. The van der Waals surface area contributed by atoms with Gasteiger partial charge in [0.2, 0.25) is 0 Å². The maximum absolute atomic E-state index is 12.9. The van der Waals surface area contributed by atoms with Gasteiger partial charge in [-0.25, -0.2) is 0 Å². The number of likely N-dealkylation sites (tertiary alicyclic amines) is 1. The summed E-state index contributed by atoms with van der Waals surface area (Å²) in [5.74, 6) is -0.0340. The van der Waals surface area contributed by atoms with Crippen LogP contribution in [0.1, 0.15) is 34.2 Å². The molecule has 1 aliphatic heterocycles. The van der Waals surface area contributed by atoms with Crippen LogP contribution in [0.2, 0.25) is 0 Å². The number of rotatable bonds is 4. The van der Waals surface area contributed by atoms with E-state index < -0.39 is 0 Å². The van der Waals surface area contributed by atoms with E-state index in [1.165, 1.54) is 6.92 Å². The van der Waals surface area contributed by atoms with Gasteiger partial charge in [0.05, 0.1) is 6.20 Å². The number of hydrogen-bond donors (Lipinski definition) is 0. The molecule has 1 aliphatic rings. The molecule has 1 fully saturated rings. The normalized spacial score (nSPS) is 17.7. The smallest absolute Gasteiger partial charge is 0.253 e. The lowest BCUT2D eigenvalue weighted by Crippen LogP contribution is -2.38. The van der Waals surface area contributed by atoms with E-state index in [-0.39, 0.29) is 17.7 Å². The zero-order valence-electron chi connectivity index (χ0n) is 15.2. The number of aryl methyl sites for hydroxylation is 1. The first kappa shape index (κ1) is 17.4. The van der Waals surface area contributed by atoms with Crippen LogP contribution in [0.15, 0.2) is 30.5 Å². The average molecular weight is 340 g/mol. The van der Waals surface area contributed by atoms with Crippen LogP contribution in [-0.4, -0.2) is 64.5 Å². The monoisotopic (exact) mass is 340 g/mol. The number of likely N-dealkylation sites (N-methyl/N-ethyl adjacent to an activating group) is 2. The first-order chi connectivity index (χ1) is 11.9. The first-order valence-electron chi connectivity index (χ1n) is 8.47. The molecule has 1 amide bonds. The van der Waals surface area contributed by atoms with Crippen LogP contribution in [-0.2, 0) is 7.05 Å². The van der Waals surface area contributed by atoms with E-state index in [2.05, 4.69) is 17.0 Å². The van der Waals surface area contributed by atoms with Gasteiger partial charge in [-0.15, -0.1) is 0 Å². The molecule has 0 spiro atoms. The second-order valence-corrected chi connectivity index (χ2v) is 6.79. The molecule has 6 nitrogen and oxygen atoms in total. The molecule has 0 bridgehead atoms. The summed E-state index contributed by atoms with van der Waals surface area (Å²) in [4.78, 5) is 28.8. The van der Waals surface area contributed by atoms with Gasteiger partial charge in [0.15, 0.2) is 5.78 Å². The molecule has 132 valence electrons. The van der Waals surface area contributed by atoms with Crippen LogP contribution in [0.3, 0.4) is 0 Å². The topological polar surface area (TPSA) is 58.4 Å². The summed E-state index contributed by atoms with van der Waals surface area (Å²) in [6.45, 7) is 3.44. The molecule has 2 heterocycles. The first-order valence-corrected chi connectivity index (χ1v) is 8.47. The van der Waals surface area contributed by atoms with Crippen molar-refractivity contribution in [1.82, 2.24) is 19.6 Å². The molecule has 0 N–H and O–H groups in total. The third kappa shape index (κ3) is 3.35. The van der Waals surface area contributed by atoms with Gasteiger partial charge < -0.3 is 9.80 Å². The molecule has 0 aliphatic carbocycles. The summed E-state index contributed by atoms with van der Waals surface area (Å²) < 4.78 is 1.58. The number of Topliss-reactive ketones (excluding diaryl/α,β-unsaturated/α-hetero) is 1. The van der Waals surface area contributed by atoms with Crippen LogP contribution >= 0.6 is 0 Å². The van der Waals surface area contributed by atoms with E-state index in [4.69, 9.17) is 0 Å². The molecule has 0 saturated carbocycles. The molecule has 1 saturated heterocycles. The Bertz CT molecular complexity index is 812. The maximum atomic E-state index is 12.9. The third-order valence-corrected chi connectivity index (χ3v) is 4.93. The molecule has 3 rings (SSSR count). The van der Waals surface area contributed by atoms with Crippen molar-refractivity contribution in [3.8, 4) is 11.1 Å². The highest BCUT2D eigenvalue weighted by Crippen LogP contribution is 2.25. The van der Waals surface area contributed by atoms with E-state index in [1.807, 2.05) is 36.2 Å². The van der Waals surface area contributed by atoms with Gasteiger partial charge in [0.25, 0.3) is 5.91 Å². The summed E-state index contributed by atoms with van der Waals surface area (Å²) >= 11 is 0. The van der Waals surface area contributed by atoms with Crippen molar-refractivity contribution < 1.29 is 9.59 Å². The summed E-state index contributed by atoms with van der Waals surface area (Å²) in [5.41, 5.74) is 2.78. The number of hydrogen-bond acceptors (Lipinski definition) is 4. The Morgan fingerprint density at radius 3 is 2.68 bits per heavy atom. The Morgan fingerprint density at radius 1 is 1.28 bits per heavy atom. The molecule has 25 heavy (non-hydrogen) atoms. The van der Waals surface area contributed by atoms with Gasteiger partial charge in [0, 0.05) is 44.7 Å². The number of carbonyl (C=O) groups excluding carboxylic acids is 2. The van der Waals surface area contributed by atoms with Crippen molar-refractivity contribution >= 4 is 11.7 Å².